The van der Waals surface area contributed by atoms with E-state index in [1.54, 1.807) is 18.2 Å². The number of sulfone groups is 1. The lowest BCUT2D eigenvalue weighted by Gasteiger charge is -2.13. The van der Waals surface area contributed by atoms with Gasteiger partial charge < -0.3 is 10.8 Å². The van der Waals surface area contributed by atoms with Crippen molar-refractivity contribution in [2.45, 2.75) is 5.92 Å². The third-order valence-electron chi connectivity index (χ3n) is 2.13. The molecule has 84 valence electrons. The van der Waals surface area contributed by atoms with Gasteiger partial charge in [0.1, 0.15) is 15.6 Å². The van der Waals surface area contributed by atoms with Crippen LogP contribution in [0.3, 0.4) is 0 Å². The number of rotatable bonds is 4. The molecule has 3 N–H and O–H groups in total. The van der Waals surface area contributed by atoms with Crippen LogP contribution in [-0.4, -0.2) is 32.1 Å². The highest BCUT2D eigenvalue weighted by Crippen LogP contribution is 2.20. The Labute approximate surface area is 89.7 Å². The van der Waals surface area contributed by atoms with E-state index < -0.39 is 9.84 Å². The topological polar surface area (TPSA) is 80.4 Å². The minimum Gasteiger partial charge on any atom is -0.508 e. The van der Waals surface area contributed by atoms with Crippen molar-refractivity contribution in [3.8, 4) is 5.75 Å². The Morgan fingerprint density at radius 3 is 2.60 bits per heavy atom. The largest absolute Gasteiger partial charge is 0.508 e. The Morgan fingerprint density at radius 1 is 1.47 bits per heavy atom. The summed E-state index contributed by atoms with van der Waals surface area (Å²) in [7, 11) is -3.06. The molecule has 0 bridgehead atoms. The molecule has 0 heterocycles. The molecule has 1 aromatic carbocycles. The summed E-state index contributed by atoms with van der Waals surface area (Å²) in [6.07, 6.45) is 1.18. The van der Waals surface area contributed by atoms with E-state index in [4.69, 9.17) is 5.73 Å². The standard InChI is InChI=1S/C10H15NO3S/c1-15(13,14)7-9(6-11)8-3-2-4-10(12)5-8/h2-5,9,12H,6-7,11H2,1H3. The Balaban J connectivity index is 2.93. The number of phenols is 1. The summed E-state index contributed by atoms with van der Waals surface area (Å²) in [5.74, 6) is -0.126. The van der Waals surface area contributed by atoms with Crippen molar-refractivity contribution in [2.75, 3.05) is 18.6 Å². The molecule has 1 aromatic rings. The van der Waals surface area contributed by atoms with E-state index in [1.165, 1.54) is 12.3 Å². The first-order valence-electron chi connectivity index (χ1n) is 4.59. The number of hydrogen-bond donors (Lipinski definition) is 2. The molecule has 0 fully saturated rings. The number of hydrogen-bond acceptors (Lipinski definition) is 4. The molecular formula is C10H15NO3S. The molecule has 0 spiro atoms. The van der Waals surface area contributed by atoms with Crippen LogP contribution < -0.4 is 5.73 Å². The Hall–Kier alpha value is -1.07. The van der Waals surface area contributed by atoms with Crippen molar-refractivity contribution < 1.29 is 13.5 Å². The summed E-state index contributed by atoms with van der Waals surface area (Å²) in [5.41, 5.74) is 6.27. The quantitative estimate of drug-likeness (QED) is 0.787. The van der Waals surface area contributed by atoms with Crippen LogP contribution in [-0.2, 0) is 9.84 Å². The van der Waals surface area contributed by atoms with Crippen LogP contribution in [0, 0.1) is 0 Å². The molecule has 0 radical (unpaired) electrons. The normalized spacial score (nSPS) is 13.7. The highest BCUT2D eigenvalue weighted by molar-refractivity contribution is 7.90. The van der Waals surface area contributed by atoms with Gasteiger partial charge in [-0.1, -0.05) is 12.1 Å². The van der Waals surface area contributed by atoms with Gasteiger partial charge in [-0.3, -0.25) is 0 Å². The second-order valence-corrected chi connectivity index (χ2v) is 5.80. The third kappa shape index (κ3) is 3.89. The molecule has 1 unspecified atom stereocenters. The van der Waals surface area contributed by atoms with Gasteiger partial charge in [0.15, 0.2) is 0 Å². The van der Waals surface area contributed by atoms with E-state index in [9.17, 15) is 13.5 Å². The maximum Gasteiger partial charge on any atom is 0.148 e. The van der Waals surface area contributed by atoms with E-state index >= 15 is 0 Å². The molecule has 1 atom stereocenters. The first kappa shape index (κ1) is 12.0. The lowest BCUT2D eigenvalue weighted by Crippen LogP contribution is -2.21. The average molecular weight is 229 g/mol. The van der Waals surface area contributed by atoms with Gasteiger partial charge in [-0.25, -0.2) is 8.42 Å². The van der Waals surface area contributed by atoms with Crippen molar-refractivity contribution in [2.24, 2.45) is 5.73 Å². The minimum atomic E-state index is -3.06. The van der Waals surface area contributed by atoms with Crippen LogP contribution in [0.2, 0.25) is 0 Å². The number of aromatic hydroxyl groups is 1. The highest BCUT2D eigenvalue weighted by atomic mass is 32.2. The summed E-state index contributed by atoms with van der Waals surface area (Å²) in [6, 6.07) is 6.53. The minimum absolute atomic E-state index is 0.00690. The van der Waals surface area contributed by atoms with E-state index in [1.807, 2.05) is 0 Å². The van der Waals surface area contributed by atoms with Crippen LogP contribution in [0.5, 0.6) is 5.75 Å². The van der Waals surface area contributed by atoms with Crippen molar-refractivity contribution in [3.63, 3.8) is 0 Å². The predicted octanol–water partition coefficient (Wildman–Crippen LogP) is 0.479. The summed E-state index contributed by atoms with van der Waals surface area (Å²) >= 11 is 0. The molecule has 0 aliphatic heterocycles. The van der Waals surface area contributed by atoms with Gasteiger partial charge in [0, 0.05) is 18.7 Å². The van der Waals surface area contributed by atoms with Crippen LogP contribution in [0.4, 0.5) is 0 Å². The molecule has 0 aliphatic rings. The van der Waals surface area contributed by atoms with Gasteiger partial charge in [-0.05, 0) is 17.7 Å². The first-order chi connectivity index (χ1) is 6.92. The van der Waals surface area contributed by atoms with E-state index in [-0.39, 0.29) is 24.0 Å². The lowest BCUT2D eigenvalue weighted by molar-refractivity contribution is 0.474. The van der Waals surface area contributed by atoms with E-state index in [0.29, 0.717) is 0 Å². The lowest BCUT2D eigenvalue weighted by atomic mass is 10.0. The van der Waals surface area contributed by atoms with Crippen LogP contribution in [0.25, 0.3) is 0 Å². The molecule has 0 saturated carbocycles. The Morgan fingerprint density at radius 2 is 2.13 bits per heavy atom. The summed E-state index contributed by atoms with van der Waals surface area (Å²) in [5, 5.41) is 9.27. The average Bonchev–Trinajstić information content (AvgIpc) is 2.13. The van der Waals surface area contributed by atoms with Gasteiger partial charge in [0.25, 0.3) is 0 Å². The monoisotopic (exact) mass is 229 g/mol. The zero-order valence-corrected chi connectivity index (χ0v) is 9.37. The fraction of sp³-hybridized carbons (Fsp3) is 0.400. The molecule has 0 aromatic heterocycles. The molecule has 4 nitrogen and oxygen atoms in total. The van der Waals surface area contributed by atoms with Crippen molar-refractivity contribution in [3.05, 3.63) is 29.8 Å². The fourth-order valence-electron chi connectivity index (χ4n) is 1.44. The predicted molar refractivity (Wildman–Crippen MR) is 59.6 cm³/mol. The summed E-state index contributed by atoms with van der Waals surface area (Å²) in [4.78, 5) is 0. The van der Waals surface area contributed by atoms with Crippen molar-refractivity contribution >= 4 is 9.84 Å². The van der Waals surface area contributed by atoms with Crippen molar-refractivity contribution in [1.29, 1.82) is 0 Å². The molecule has 0 aliphatic carbocycles. The SMILES string of the molecule is CS(=O)(=O)CC(CN)c1cccc(O)c1. The molecule has 15 heavy (non-hydrogen) atoms. The third-order valence-corrected chi connectivity index (χ3v) is 3.14. The second-order valence-electron chi connectivity index (χ2n) is 3.62. The van der Waals surface area contributed by atoms with Crippen LogP contribution in [0.15, 0.2) is 24.3 Å². The van der Waals surface area contributed by atoms with E-state index in [0.717, 1.165) is 5.56 Å². The maximum atomic E-state index is 11.1. The summed E-state index contributed by atoms with van der Waals surface area (Å²) < 4.78 is 22.3. The molecule has 0 saturated heterocycles. The molecule has 1 rings (SSSR count). The second kappa shape index (κ2) is 4.63. The zero-order valence-electron chi connectivity index (χ0n) is 8.55. The van der Waals surface area contributed by atoms with Gasteiger partial charge in [-0.2, -0.15) is 0 Å². The maximum absolute atomic E-state index is 11.1. The number of benzene rings is 1. The van der Waals surface area contributed by atoms with Gasteiger partial charge >= 0.3 is 0 Å². The smallest absolute Gasteiger partial charge is 0.148 e. The summed E-state index contributed by atoms with van der Waals surface area (Å²) in [6.45, 7) is 0.247. The Kier molecular flexibility index (Phi) is 3.71. The highest BCUT2D eigenvalue weighted by Gasteiger charge is 2.16. The van der Waals surface area contributed by atoms with Gasteiger partial charge in [0.05, 0.1) is 5.75 Å². The number of nitrogens with two attached hydrogens (primary N) is 1. The zero-order chi connectivity index (χ0) is 11.5. The Bertz CT molecular complexity index is 428. The van der Waals surface area contributed by atoms with Crippen molar-refractivity contribution in [1.82, 2.24) is 0 Å². The van der Waals surface area contributed by atoms with E-state index in [2.05, 4.69) is 0 Å². The molecule has 5 heteroatoms. The number of phenolic OH excluding ortho intramolecular Hbond substituents is 1. The van der Waals surface area contributed by atoms with Crippen LogP contribution >= 0.6 is 0 Å². The molecule has 0 amide bonds. The molecular weight excluding hydrogens is 214 g/mol. The first-order valence-corrected chi connectivity index (χ1v) is 6.65. The van der Waals surface area contributed by atoms with Crippen LogP contribution in [0.1, 0.15) is 11.5 Å². The van der Waals surface area contributed by atoms with Gasteiger partial charge in [0.2, 0.25) is 0 Å². The van der Waals surface area contributed by atoms with Gasteiger partial charge in [-0.15, -0.1) is 0 Å². The fourth-order valence-corrected chi connectivity index (χ4v) is 2.50.